The molecule has 3 nitrogen and oxygen atoms in total. The van der Waals surface area contributed by atoms with E-state index in [0.717, 1.165) is 12.5 Å². The minimum Gasteiger partial charge on any atom is -0.506 e. The summed E-state index contributed by atoms with van der Waals surface area (Å²) in [5.41, 5.74) is 0.983. The zero-order valence-corrected chi connectivity index (χ0v) is 12.2. The fourth-order valence-corrected chi connectivity index (χ4v) is 2.16. The summed E-state index contributed by atoms with van der Waals surface area (Å²) < 4.78 is 14.1. The Bertz CT molecular complexity index is 673. The zero-order chi connectivity index (χ0) is 15.4. The van der Waals surface area contributed by atoms with E-state index in [-0.39, 0.29) is 22.2 Å². The van der Waals surface area contributed by atoms with Gasteiger partial charge in [0.15, 0.2) is 0 Å². The first-order valence-corrected chi connectivity index (χ1v) is 6.98. The van der Waals surface area contributed by atoms with Gasteiger partial charge in [0.25, 0.3) is 5.91 Å². The molecule has 0 spiro atoms. The molecule has 2 aromatic carbocycles. The molecule has 0 heterocycles. The number of carbonyl (C=O) groups excluding carboxylic acids is 1. The molecule has 0 aliphatic rings. The van der Waals surface area contributed by atoms with Crippen LogP contribution >= 0.6 is 11.6 Å². The molecule has 0 aliphatic heterocycles. The third kappa shape index (κ3) is 3.34. The highest BCUT2D eigenvalue weighted by Gasteiger charge is 2.16. The third-order valence-corrected chi connectivity index (χ3v) is 3.34. The van der Waals surface area contributed by atoms with Gasteiger partial charge in [-0.1, -0.05) is 36.7 Å². The lowest BCUT2D eigenvalue weighted by atomic mass is 9.98. The highest BCUT2D eigenvalue weighted by molar-refractivity contribution is 6.32. The van der Waals surface area contributed by atoms with Crippen molar-refractivity contribution in [3.05, 3.63) is 52.8 Å². The van der Waals surface area contributed by atoms with Crippen LogP contribution in [0.3, 0.4) is 0 Å². The average Bonchev–Trinajstić information content (AvgIpc) is 2.48. The summed E-state index contributed by atoms with van der Waals surface area (Å²) in [5.74, 6) is -1.23. The van der Waals surface area contributed by atoms with Gasteiger partial charge in [0, 0.05) is 23.7 Å². The molecule has 0 aromatic heterocycles. The van der Waals surface area contributed by atoms with Crippen molar-refractivity contribution < 1.29 is 14.3 Å². The highest BCUT2D eigenvalue weighted by atomic mass is 35.5. The standard InChI is InChI=1S/C16H15ClFNO2/c1-2-7-19-16(21)11-6-4-3-5-10(11)12-8-13(17)15(20)9-14(12)18/h3-6,8-9,20H,2,7H2,1H3,(H,19,21). The molecule has 2 N–H and O–H groups in total. The molecule has 0 unspecified atom stereocenters. The maximum atomic E-state index is 14.1. The SMILES string of the molecule is CCCNC(=O)c1ccccc1-c1cc(Cl)c(O)cc1F. The second kappa shape index (κ2) is 6.59. The lowest BCUT2D eigenvalue weighted by Crippen LogP contribution is -2.24. The molecule has 2 rings (SSSR count). The minimum atomic E-state index is -0.632. The van der Waals surface area contributed by atoms with Gasteiger partial charge in [-0.25, -0.2) is 4.39 Å². The number of benzene rings is 2. The number of phenols is 1. The molecule has 21 heavy (non-hydrogen) atoms. The maximum Gasteiger partial charge on any atom is 0.251 e. The van der Waals surface area contributed by atoms with Crippen molar-refractivity contribution in [1.29, 1.82) is 0 Å². The van der Waals surface area contributed by atoms with Crippen LogP contribution in [0.4, 0.5) is 4.39 Å². The van der Waals surface area contributed by atoms with Crippen molar-refractivity contribution in [2.75, 3.05) is 6.54 Å². The van der Waals surface area contributed by atoms with Crippen LogP contribution in [-0.2, 0) is 0 Å². The lowest BCUT2D eigenvalue weighted by Gasteiger charge is -2.11. The summed E-state index contributed by atoms with van der Waals surface area (Å²) in [6, 6.07) is 8.96. The van der Waals surface area contributed by atoms with Crippen LogP contribution in [0.1, 0.15) is 23.7 Å². The fraction of sp³-hybridized carbons (Fsp3) is 0.188. The molecular formula is C16H15ClFNO2. The smallest absolute Gasteiger partial charge is 0.251 e. The van der Waals surface area contributed by atoms with Gasteiger partial charge in [0.1, 0.15) is 11.6 Å². The summed E-state index contributed by atoms with van der Waals surface area (Å²) in [6.45, 7) is 2.50. The van der Waals surface area contributed by atoms with Gasteiger partial charge >= 0.3 is 0 Å². The number of rotatable bonds is 4. The maximum absolute atomic E-state index is 14.1. The Kier molecular flexibility index (Phi) is 4.81. The molecule has 0 saturated heterocycles. The number of phenolic OH excluding ortho intramolecular Hbond substituents is 1. The molecule has 0 saturated carbocycles. The first-order chi connectivity index (χ1) is 10.0. The van der Waals surface area contributed by atoms with Crippen LogP contribution < -0.4 is 5.32 Å². The normalized spacial score (nSPS) is 10.4. The van der Waals surface area contributed by atoms with Crippen LogP contribution in [0, 0.1) is 5.82 Å². The molecule has 0 aliphatic carbocycles. The van der Waals surface area contributed by atoms with Gasteiger partial charge in [-0.05, 0) is 24.1 Å². The van der Waals surface area contributed by atoms with Crippen LogP contribution in [0.25, 0.3) is 11.1 Å². The summed E-state index contributed by atoms with van der Waals surface area (Å²) in [7, 11) is 0. The molecule has 1 amide bonds. The van der Waals surface area contributed by atoms with Crippen LogP contribution in [0.2, 0.25) is 5.02 Å². The Balaban J connectivity index is 2.50. The summed E-state index contributed by atoms with van der Waals surface area (Å²) in [6.07, 6.45) is 0.813. The topological polar surface area (TPSA) is 49.3 Å². The average molecular weight is 308 g/mol. The summed E-state index contributed by atoms with van der Waals surface area (Å²) in [5, 5.41) is 12.2. The lowest BCUT2D eigenvalue weighted by molar-refractivity contribution is 0.0954. The Morgan fingerprint density at radius 2 is 2.00 bits per heavy atom. The van der Waals surface area contributed by atoms with Crippen LogP contribution in [-0.4, -0.2) is 17.6 Å². The second-order valence-corrected chi connectivity index (χ2v) is 4.99. The predicted octanol–water partition coefficient (Wildman–Crippen LogP) is 3.99. The van der Waals surface area contributed by atoms with Gasteiger partial charge in [0.05, 0.1) is 5.02 Å². The van der Waals surface area contributed by atoms with Gasteiger partial charge in [-0.15, -0.1) is 0 Å². The molecule has 0 atom stereocenters. The van der Waals surface area contributed by atoms with Gasteiger partial charge in [-0.2, -0.15) is 0 Å². The minimum absolute atomic E-state index is 0.0372. The van der Waals surface area contributed by atoms with Crippen molar-refractivity contribution in [3.8, 4) is 16.9 Å². The molecule has 110 valence electrons. The van der Waals surface area contributed by atoms with Crippen molar-refractivity contribution in [2.24, 2.45) is 0 Å². The second-order valence-electron chi connectivity index (χ2n) is 4.58. The Labute approximate surface area is 127 Å². The molecule has 0 fully saturated rings. The van der Waals surface area contributed by atoms with E-state index in [1.54, 1.807) is 24.3 Å². The van der Waals surface area contributed by atoms with Crippen LogP contribution in [0.5, 0.6) is 5.75 Å². The van der Waals surface area contributed by atoms with E-state index in [0.29, 0.717) is 17.7 Å². The number of aromatic hydroxyl groups is 1. The quantitative estimate of drug-likeness (QED) is 0.897. The fourth-order valence-electron chi connectivity index (χ4n) is 1.99. The molecule has 2 aromatic rings. The van der Waals surface area contributed by atoms with Gasteiger partial charge in [-0.3, -0.25) is 4.79 Å². The predicted molar refractivity (Wildman–Crippen MR) is 81.1 cm³/mol. The van der Waals surface area contributed by atoms with E-state index in [4.69, 9.17) is 11.6 Å². The molecule has 5 heteroatoms. The van der Waals surface area contributed by atoms with E-state index in [1.165, 1.54) is 6.07 Å². The number of hydrogen-bond acceptors (Lipinski definition) is 2. The highest BCUT2D eigenvalue weighted by Crippen LogP contribution is 2.33. The number of halogens is 2. The third-order valence-electron chi connectivity index (χ3n) is 3.03. The monoisotopic (exact) mass is 307 g/mol. The largest absolute Gasteiger partial charge is 0.506 e. The Morgan fingerprint density at radius 1 is 1.29 bits per heavy atom. The first kappa shape index (κ1) is 15.3. The van der Waals surface area contributed by atoms with Crippen molar-refractivity contribution in [3.63, 3.8) is 0 Å². The molecule has 0 radical (unpaired) electrons. The number of hydrogen-bond donors (Lipinski definition) is 2. The molecular weight excluding hydrogens is 293 g/mol. The number of amides is 1. The number of carbonyl (C=O) groups is 1. The van der Waals surface area contributed by atoms with Crippen molar-refractivity contribution in [2.45, 2.75) is 13.3 Å². The Morgan fingerprint density at radius 3 is 2.71 bits per heavy atom. The van der Waals surface area contributed by atoms with Crippen molar-refractivity contribution in [1.82, 2.24) is 5.32 Å². The van der Waals surface area contributed by atoms with E-state index in [2.05, 4.69) is 5.32 Å². The van der Waals surface area contributed by atoms with E-state index >= 15 is 0 Å². The van der Waals surface area contributed by atoms with E-state index in [1.807, 2.05) is 6.92 Å². The first-order valence-electron chi connectivity index (χ1n) is 6.60. The van der Waals surface area contributed by atoms with E-state index < -0.39 is 5.82 Å². The summed E-state index contributed by atoms with van der Waals surface area (Å²) in [4.78, 5) is 12.1. The van der Waals surface area contributed by atoms with Gasteiger partial charge < -0.3 is 10.4 Å². The molecule has 0 bridgehead atoms. The van der Waals surface area contributed by atoms with Gasteiger partial charge in [0.2, 0.25) is 0 Å². The van der Waals surface area contributed by atoms with E-state index in [9.17, 15) is 14.3 Å². The van der Waals surface area contributed by atoms with Crippen LogP contribution in [0.15, 0.2) is 36.4 Å². The zero-order valence-electron chi connectivity index (χ0n) is 11.5. The Hall–Kier alpha value is -2.07. The van der Waals surface area contributed by atoms with Crippen molar-refractivity contribution >= 4 is 17.5 Å². The summed E-state index contributed by atoms with van der Waals surface area (Å²) >= 11 is 5.83. The number of nitrogens with one attached hydrogen (secondary N) is 1.